The van der Waals surface area contributed by atoms with E-state index in [1.165, 1.54) is 0 Å². The molecule has 8 nitrogen and oxygen atoms in total. The third-order valence-corrected chi connectivity index (χ3v) is 4.63. The number of fused-ring (bicyclic) bond motifs is 1. The lowest BCUT2D eigenvalue weighted by Gasteiger charge is -2.11. The Kier molecular flexibility index (Phi) is 6.30. The van der Waals surface area contributed by atoms with Crippen molar-refractivity contribution in [3.8, 4) is 5.75 Å². The number of nitrogens with zero attached hydrogens (tertiary/aromatic N) is 4. The molecule has 0 fully saturated rings. The summed E-state index contributed by atoms with van der Waals surface area (Å²) < 4.78 is 7.20. The molecule has 0 bridgehead atoms. The standard InChI is InChI=1S/C19H23ClN6O2/c1-12-16(13(2)26-19(23-12)24-18(21)25-26)11-17(27)22-9-3-4-10-28-15-7-5-14(20)6-8-15/h5-8H,3-4,9-11H2,1-2H3,(H2,21,25)(H,22,27). The zero-order valence-electron chi connectivity index (χ0n) is 15.9. The molecule has 0 unspecified atom stereocenters. The molecular weight excluding hydrogens is 380 g/mol. The molecule has 0 saturated carbocycles. The molecule has 2 heterocycles. The SMILES string of the molecule is Cc1nc2nc(N)nn2c(C)c1CC(=O)NCCCCOc1ccc(Cl)cc1. The molecule has 0 aliphatic carbocycles. The van der Waals surface area contributed by atoms with Crippen molar-refractivity contribution in [1.29, 1.82) is 0 Å². The Morgan fingerprint density at radius 1 is 1.21 bits per heavy atom. The number of nitrogen functional groups attached to an aromatic ring is 1. The maximum atomic E-state index is 12.3. The van der Waals surface area contributed by atoms with Gasteiger partial charge in [-0.3, -0.25) is 4.79 Å². The Hall–Kier alpha value is -2.87. The van der Waals surface area contributed by atoms with Crippen molar-refractivity contribution in [2.75, 3.05) is 18.9 Å². The fourth-order valence-corrected chi connectivity index (χ4v) is 3.00. The molecule has 1 amide bonds. The highest BCUT2D eigenvalue weighted by atomic mass is 35.5. The van der Waals surface area contributed by atoms with E-state index in [0.29, 0.717) is 24.0 Å². The van der Waals surface area contributed by atoms with Crippen molar-refractivity contribution < 1.29 is 9.53 Å². The van der Waals surface area contributed by atoms with E-state index in [2.05, 4.69) is 20.4 Å². The molecule has 0 atom stereocenters. The smallest absolute Gasteiger partial charge is 0.254 e. The molecule has 28 heavy (non-hydrogen) atoms. The van der Waals surface area contributed by atoms with Gasteiger partial charge in [0.15, 0.2) is 0 Å². The van der Waals surface area contributed by atoms with E-state index in [-0.39, 0.29) is 18.3 Å². The first kappa shape index (κ1) is 19.9. The summed E-state index contributed by atoms with van der Waals surface area (Å²) in [5.41, 5.74) is 8.04. The lowest BCUT2D eigenvalue weighted by molar-refractivity contribution is -0.120. The number of hydrogen-bond donors (Lipinski definition) is 2. The summed E-state index contributed by atoms with van der Waals surface area (Å²) in [6, 6.07) is 7.26. The predicted molar refractivity (Wildman–Crippen MR) is 108 cm³/mol. The van der Waals surface area contributed by atoms with E-state index in [0.717, 1.165) is 35.5 Å². The van der Waals surface area contributed by atoms with Crippen LogP contribution in [0.2, 0.25) is 5.02 Å². The van der Waals surface area contributed by atoms with E-state index < -0.39 is 0 Å². The van der Waals surface area contributed by atoms with Crippen LogP contribution in [-0.2, 0) is 11.2 Å². The minimum Gasteiger partial charge on any atom is -0.494 e. The average molecular weight is 403 g/mol. The van der Waals surface area contributed by atoms with Gasteiger partial charge >= 0.3 is 0 Å². The van der Waals surface area contributed by atoms with Crippen LogP contribution < -0.4 is 15.8 Å². The second-order valence-corrected chi connectivity index (χ2v) is 6.92. The van der Waals surface area contributed by atoms with Gasteiger partial charge in [0.25, 0.3) is 5.78 Å². The molecule has 0 aliphatic heterocycles. The number of aromatic nitrogens is 4. The molecule has 2 aromatic heterocycles. The second kappa shape index (κ2) is 8.88. The maximum absolute atomic E-state index is 12.3. The molecule has 0 aliphatic rings. The number of anilines is 1. The van der Waals surface area contributed by atoms with Crippen LogP contribution in [0, 0.1) is 13.8 Å². The normalized spacial score (nSPS) is 11.0. The first-order chi connectivity index (χ1) is 13.4. The molecule has 3 rings (SSSR count). The molecule has 9 heteroatoms. The van der Waals surface area contributed by atoms with Crippen LogP contribution in [0.4, 0.5) is 5.95 Å². The van der Waals surface area contributed by atoms with E-state index >= 15 is 0 Å². The summed E-state index contributed by atoms with van der Waals surface area (Å²) in [5.74, 6) is 1.34. The highest BCUT2D eigenvalue weighted by molar-refractivity contribution is 6.30. The van der Waals surface area contributed by atoms with Gasteiger partial charge < -0.3 is 15.8 Å². The van der Waals surface area contributed by atoms with Gasteiger partial charge in [-0.1, -0.05) is 11.6 Å². The van der Waals surface area contributed by atoms with Crippen LogP contribution in [0.1, 0.15) is 29.8 Å². The number of carbonyl (C=O) groups is 1. The summed E-state index contributed by atoms with van der Waals surface area (Å²) in [7, 11) is 0. The van der Waals surface area contributed by atoms with Gasteiger partial charge in [-0.2, -0.15) is 9.50 Å². The Morgan fingerprint density at radius 3 is 2.71 bits per heavy atom. The number of ether oxygens (including phenoxy) is 1. The van der Waals surface area contributed by atoms with Gasteiger partial charge in [0.2, 0.25) is 11.9 Å². The van der Waals surface area contributed by atoms with Gasteiger partial charge in [-0.05, 0) is 51.0 Å². The summed E-state index contributed by atoms with van der Waals surface area (Å²) in [4.78, 5) is 20.7. The van der Waals surface area contributed by atoms with Crippen molar-refractivity contribution in [2.45, 2.75) is 33.1 Å². The number of halogens is 1. The van der Waals surface area contributed by atoms with Crippen LogP contribution in [0.15, 0.2) is 24.3 Å². The van der Waals surface area contributed by atoms with Gasteiger partial charge in [-0.25, -0.2) is 4.98 Å². The largest absolute Gasteiger partial charge is 0.494 e. The van der Waals surface area contributed by atoms with Crippen molar-refractivity contribution >= 4 is 29.2 Å². The van der Waals surface area contributed by atoms with Crippen LogP contribution in [-0.4, -0.2) is 38.6 Å². The molecule has 3 N–H and O–H groups in total. The highest BCUT2D eigenvalue weighted by Gasteiger charge is 2.15. The van der Waals surface area contributed by atoms with Crippen molar-refractivity contribution in [3.63, 3.8) is 0 Å². The third-order valence-electron chi connectivity index (χ3n) is 4.38. The van der Waals surface area contributed by atoms with Crippen LogP contribution in [0.5, 0.6) is 5.75 Å². The molecule has 1 aromatic carbocycles. The molecular formula is C19H23ClN6O2. The average Bonchev–Trinajstić information content (AvgIpc) is 3.03. The quantitative estimate of drug-likeness (QED) is 0.560. The Bertz CT molecular complexity index is 971. The van der Waals surface area contributed by atoms with E-state index in [4.69, 9.17) is 22.1 Å². The number of hydrogen-bond acceptors (Lipinski definition) is 6. The second-order valence-electron chi connectivity index (χ2n) is 6.48. The molecule has 0 radical (unpaired) electrons. The van der Waals surface area contributed by atoms with Crippen LogP contribution in [0.25, 0.3) is 5.78 Å². The number of carbonyl (C=O) groups excluding carboxylic acids is 1. The first-order valence-corrected chi connectivity index (χ1v) is 9.45. The summed E-state index contributed by atoms with van der Waals surface area (Å²) in [6.45, 7) is 4.91. The summed E-state index contributed by atoms with van der Waals surface area (Å²) >= 11 is 5.84. The molecule has 0 saturated heterocycles. The fourth-order valence-electron chi connectivity index (χ4n) is 2.88. The maximum Gasteiger partial charge on any atom is 0.254 e. The Morgan fingerprint density at radius 2 is 1.96 bits per heavy atom. The molecule has 3 aromatic rings. The van der Waals surface area contributed by atoms with Gasteiger partial charge in [-0.15, -0.1) is 5.10 Å². The summed E-state index contributed by atoms with van der Waals surface area (Å²) in [5, 5.41) is 7.73. The monoisotopic (exact) mass is 402 g/mol. The third kappa shape index (κ3) is 4.89. The number of unbranched alkanes of at least 4 members (excludes halogenated alkanes) is 1. The van der Waals surface area contributed by atoms with Crippen LogP contribution >= 0.6 is 11.6 Å². The van der Waals surface area contributed by atoms with Crippen molar-refractivity contribution in [2.24, 2.45) is 0 Å². The van der Waals surface area contributed by atoms with E-state index in [1.807, 2.05) is 26.0 Å². The number of rotatable bonds is 8. The predicted octanol–water partition coefficient (Wildman–Crippen LogP) is 2.49. The number of amides is 1. The Balaban J connectivity index is 1.43. The lowest BCUT2D eigenvalue weighted by atomic mass is 10.1. The minimum atomic E-state index is -0.0564. The fraction of sp³-hybridized carbons (Fsp3) is 0.368. The van der Waals surface area contributed by atoms with E-state index in [9.17, 15) is 4.79 Å². The van der Waals surface area contributed by atoms with Crippen LogP contribution in [0.3, 0.4) is 0 Å². The van der Waals surface area contributed by atoms with E-state index in [1.54, 1.807) is 16.6 Å². The first-order valence-electron chi connectivity index (χ1n) is 9.07. The summed E-state index contributed by atoms with van der Waals surface area (Å²) in [6.07, 6.45) is 1.91. The number of benzene rings is 1. The Labute approximate surface area is 168 Å². The highest BCUT2D eigenvalue weighted by Crippen LogP contribution is 2.16. The van der Waals surface area contributed by atoms with Crippen molar-refractivity contribution in [3.05, 3.63) is 46.2 Å². The topological polar surface area (TPSA) is 107 Å². The zero-order valence-corrected chi connectivity index (χ0v) is 16.7. The number of nitrogens with two attached hydrogens (primary N) is 1. The molecule has 148 valence electrons. The van der Waals surface area contributed by atoms with Gasteiger partial charge in [0.05, 0.1) is 13.0 Å². The van der Waals surface area contributed by atoms with Gasteiger partial charge in [0, 0.05) is 28.5 Å². The molecule has 0 spiro atoms. The van der Waals surface area contributed by atoms with Gasteiger partial charge in [0.1, 0.15) is 5.75 Å². The number of nitrogens with one attached hydrogen (secondary N) is 1. The van der Waals surface area contributed by atoms with Crippen molar-refractivity contribution in [1.82, 2.24) is 24.9 Å². The minimum absolute atomic E-state index is 0.0564. The zero-order chi connectivity index (χ0) is 20.1. The number of aryl methyl sites for hydroxylation is 2. The lowest BCUT2D eigenvalue weighted by Crippen LogP contribution is -2.27.